The summed E-state index contributed by atoms with van der Waals surface area (Å²) in [6, 6.07) is 50.6. The van der Waals surface area contributed by atoms with Crippen molar-refractivity contribution in [3.63, 3.8) is 0 Å². The predicted octanol–water partition coefficient (Wildman–Crippen LogP) is 9.92. The average molecular weight is 624 g/mol. The summed E-state index contributed by atoms with van der Waals surface area (Å²) in [5, 5.41) is 5.86. The molecule has 0 spiro atoms. The van der Waals surface area contributed by atoms with Gasteiger partial charge in [0.25, 0.3) is 0 Å². The molecule has 9 rings (SSSR count). The van der Waals surface area contributed by atoms with Gasteiger partial charge in [-0.25, -0.2) is 0 Å². The molecule has 0 aliphatic rings. The third-order valence-electron chi connectivity index (χ3n) is 8.85. The van der Waals surface area contributed by atoms with Crippen molar-refractivity contribution in [3.8, 4) is 5.69 Å². The molecule has 47 heavy (non-hydrogen) atoms. The Kier molecular flexibility index (Phi) is 6.47. The van der Waals surface area contributed by atoms with Crippen LogP contribution in [0.2, 0.25) is 0 Å². The topological polar surface area (TPSA) is 60.6 Å². The van der Waals surface area contributed by atoms with Crippen LogP contribution >= 0.6 is 11.3 Å². The minimum absolute atomic E-state index is 0.382. The maximum Gasteiger partial charge on any atom is 0.207 e. The molecule has 6 heteroatoms. The second-order valence-electron chi connectivity index (χ2n) is 11.7. The third kappa shape index (κ3) is 4.61. The zero-order valence-electron chi connectivity index (χ0n) is 25.4. The van der Waals surface area contributed by atoms with Gasteiger partial charge in [0.15, 0.2) is 5.84 Å². The first-order valence-corrected chi connectivity index (χ1v) is 16.5. The van der Waals surface area contributed by atoms with Crippen LogP contribution in [0.1, 0.15) is 11.1 Å². The van der Waals surface area contributed by atoms with Gasteiger partial charge in [0.2, 0.25) is 5.96 Å². The molecule has 0 fully saturated rings. The van der Waals surface area contributed by atoms with E-state index in [4.69, 9.17) is 15.7 Å². The van der Waals surface area contributed by atoms with Gasteiger partial charge in [-0.2, -0.15) is 4.99 Å². The van der Waals surface area contributed by atoms with E-state index in [2.05, 4.69) is 106 Å². The van der Waals surface area contributed by atoms with E-state index in [1.165, 1.54) is 20.2 Å². The number of rotatable bonds is 4. The maximum atomic E-state index is 7.14. The molecule has 0 aliphatic carbocycles. The molecular weight excluding hydrogens is 595 g/mol. The number of thiophene rings is 1. The molecule has 0 aliphatic heterocycles. The fourth-order valence-electron chi connectivity index (χ4n) is 6.64. The van der Waals surface area contributed by atoms with Crippen LogP contribution in [0.25, 0.3) is 58.6 Å². The summed E-state index contributed by atoms with van der Waals surface area (Å²) in [6.07, 6.45) is 2.14. The summed E-state index contributed by atoms with van der Waals surface area (Å²) in [5.74, 6) is 0.981. The number of fused-ring (bicyclic) bond motifs is 8. The number of nitrogens with two attached hydrogens (primary N) is 1. The quantitative estimate of drug-likeness (QED) is 0.154. The second kappa shape index (κ2) is 11.1. The maximum absolute atomic E-state index is 7.14. The Hall–Kier alpha value is -5.98. The van der Waals surface area contributed by atoms with Crippen LogP contribution in [0, 0.1) is 0 Å². The van der Waals surface area contributed by atoms with Crippen LogP contribution in [0.15, 0.2) is 162 Å². The largest absolute Gasteiger partial charge is 0.369 e. The molecule has 224 valence electrons. The second-order valence-corrected chi connectivity index (χ2v) is 12.7. The Balaban J connectivity index is 1.33. The highest BCUT2D eigenvalue weighted by atomic mass is 32.1. The summed E-state index contributed by atoms with van der Waals surface area (Å²) < 4.78 is 6.83. The lowest BCUT2D eigenvalue weighted by Crippen LogP contribution is -2.24. The molecule has 3 aromatic heterocycles. The molecule has 0 unspecified atom stereocenters. The van der Waals surface area contributed by atoms with Crippen molar-refractivity contribution in [1.29, 1.82) is 0 Å². The molecule has 6 aromatic carbocycles. The highest BCUT2D eigenvalue weighted by molar-refractivity contribution is 7.26. The lowest BCUT2D eigenvalue weighted by molar-refractivity contribution is 1.06. The monoisotopic (exact) mass is 623 g/mol. The van der Waals surface area contributed by atoms with Gasteiger partial charge in [0.05, 0.1) is 27.8 Å². The molecule has 0 amide bonds. The van der Waals surface area contributed by atoms with E-state index < -0.39 is 0 Å². The minimum atomic E-state index is 0.382. The van der Waals surface area contributed by atoms with Gasteiger partial charge in [-0.1, -0.05) is 109 Å². The normalized spacial score (nSPS) is 12.7. The molecule has 9 aromatic rings. The van der Waals surface area contributed by atoms with Crippen molar-refractivity contribution in [2.75, 3.05) is 0 Å². The number of hydrogen-bond donors (Lipinski definition) is 1. The first-order valence-electron chi connectivity index (χ1n) is 15.7. The Labute approximate surface area is 275 Å². The summed E-state index contributed by atoms with van der Waals surface area (Å²) in [7, 11) is 0. The molecule has 0 radical (unpaired) electrons. The predicted molar refractivity (Wildman–Crippen MR) is 199 cm³/mol. The summed E-state index contributed by atoms with van der Waals surface area (Å²) in [6.45, 7) is 0.503. The van der Waals surface area contributed by atoms with E-state index in [0.717, 1.165) is 49.5 Å². The molecule has 0 saturated heterocycles. The number of benzene rings is 6. The minimum Gasteiger partial charge on any atom is -0.369 e. The molecule has 0 atom stereocenters. The number of aromatic nitrogens is 2. The van der Waals surface area contributed by atoms with Crippen LogP contribution in [0.5, 0.6) is 0 Å². The molecule has 0 saturated carbocycles. The SMILES string of the molecule is NC(=NC(=NCc1ccccc1)c1ccccc1)n1c2cc3ccn(-c4ccccc4)c3cc2c2ccc3c4ccccc4sc3c21. The van der Waals surface area contributed by atoms with Crippen molar-refractivity contribution in [2.24, 2.45) is 15.7 Å². The molecule has 2 N–H and O–H groups in total. The van der Waals surface area contributed by atoms with Gasteiger partial charge in [-0.3, -0.25) is 9.56 Å². The smallest absolute Gasteiger partial charge is 0.207 e. The van der Waals surface area contributed by atoms with Crippen molar-refractivity contribution in [3.05, 3.63) is 163 Å². The van der Waals surface area contributed by atoms with Crippen LogP contribution < -0.4 is 5.73 Å². The van der Waals surface area contributed by atoms with Gasteiger partial charge in [-0.05, 0) is 42.0 Å². The van der Waals surface area contributed by atoms with E-state index in [9.17, 15) is 0 Å². The third-order valence-corrected chi connectivity index (χ3v) is 10.0. The van der Waals surface area contributed by atoms with Crippen LogP contribution in [0.4, 0.5) is 0 Å². The van der Waals surface area contributed by atoms with Crippen molar-refractivity contribution in [2.45, 2.75) is 6.54 Å². The molecular formula is C41H29N5S. The van der Waals surface area contributed by atoms with Crippen molar-refractivity contribution >= 4 is 76.0 Å². The van der Waals surface area contributed by atoms with Gasteiger partial charge in [0.1, 0.15) is 0 Å². The molecule has 3 heterocycles. The highest BCUT2D eigenvalue weighted by Gasteiger charge is 2.20. The van der Waals surface area contributed by atoms with Crippen molar-refractivity contribution < 1.29 is 0 Å². The molecule has 0 bridgehead atoms. The van der Waals surface area contributed by atoms with Gasteiger partial charge in [-0.15, -0.1) is 11.3 Å². The Morgan fingerprint density at radius 2 is 1.34 bits per heavy atom. The fourth-order valence-corrected chi connectivity index (χ4v) is 7.88. The van der Waals surface area contributed by atoms with Crippen molar-refractivity contribution in [1.82, 2.24) is 9.13 Å². The zero-order chi connectivity index (χ0) is 31.3. The highest BCUT2D eigenvalue weighted by Crippen LogP contribution is 2.42. The van der Waals surface area contributed by atoms with Gasteiger partial charge >= 0.3 is 0 Å². The first-order chi connectivity index (χ1) is 23.2. The van der Waals surface area contributed by atoms with E-state index in [0.29, 0.717) is 18.3 Å². The average Bonchev–Trinajstić information content (AvgIpc) is 3.81. The van der Waals surface area contributed by atoms with Crippen LogP contribution in [-0.2, 0) is 6.54 Å². The Morgan fingerprint density at radius 3 is 2.15 bits per heavy atom. The Morgan fingerprint density at radius 1 is 0.638 bits per heavy atom. The van der Waals surface area contributed by atoms with Gasteiger partial charge in [0, 0.05) is 49.1 Å². The van der Waals surface area contributed by atoms with Gasteiger partial charge < -0.3 is 10.3 Å². The van der Waals surface area contributed by atoms with E-state index in [1.807, 2.05) is 54.6 Å². The summed E-state index contributed by atoms with van der Waals surface area (Å²) >= 11 is 1.80. The lowest BCUT2D eigenvalue weighted by atomic mass is 10.1. The summed E-state index contributed by atoms with van der Waals surface area (Å²) in [5.41, 5.74) is 13.5. The number of hydrogen-bond acceptors (Lipinski definition) is 2. The fraction of sp³-hybridized carbons (Fsp3) is 0.0244. The lowest BCUT2D eigenvalue weighted by Gasteiger charge is -2.10. The number of para-hydroxylation sites is 1. The Bertz CT molecular complexity index is 2640. The molecule has 5 nitrogen and oxygen atoms in total. The van der Waals surface area contributed by atoms with Crippen LogP contribution in [0.3, 0.4) is 0 Å². The van der Waals surface area contributed by atoms with Crippen LogP contribution in [-0.4, -0.2) is 20.9 Å². The zero-order valence-corrected chi connectivity index (χ0v) is 26.2. The number of aliphatic imine (C=N–C) groups is 2. The van der Waals surface area contributed by atoms with E-state index in [-0.39, 0.29) is 0 Å². The number of nitrogens with zero attached hydrogens (tertiary/aromatic N) is 4. The summed E-state index contributed by atoms with van der Waals surface area (Å²) in [4.78, 5) is 10.1. The first kappa shape index (κ1) is 27.3. The van der Waals surface area contributed by atoms with E-state index >= 15 is 0 Å². The standard InChI is InChI=1S/C41H29N5S/c42-41(44-40(28-14-6-2-7-15-28)43-26-27-12-4-1-5-13-27)46-36-24-29-22-23-45(30-16-8-3-9-17-30)35(29)25-34(36)32-20-21-33-31-18-10-11-19-37(31)47-39(33)38(32)46/h1-25H,26H2,(H2,42,43,44). The van der Waals surface area contributed by atoms with E-state index in [1.54, 1.807) is 11.3 Å². The number of amidine groups is 1.